The van der Waals surface area contributed by atoms with Gasteiger partial charge in [0.1, 0.15) is 23.5 Å². The number of hydrogen-bond donors (Lipinski definition) is 4. The Bertz CT molecular complexity index is 2080. The fraction of sp³-hybridized carbons (Fsp3) is 0.405. The van der Waals surface area contributed by atoms with Crippen LogP contribution in [-0.2, 0) is 20.9 Å². The second-order valence-electron chi connectivity index (χ2n) is 15.2. The van der Waals surface area contributed by atoms with Gasteiger partial charge in [-0.15, -0.1) is 0 Å². The van der Waals surface area contributed by atoms with Crippen molar-refractivity contribution in [2.75, 3.05) is 13.7 Å². The molecule has 2 aliphatic carbocycles. The molecule has 2 bridgehead atoms. The molecule has 280 valence electrons. The number of rotatable bonds is 11. The van der Waals surface area contributed by atoms with Crippen LogP contribution < -0.4 is 10.6 Å². The average molecular weight is 730 g/mol. The van der Waals surface area contributed by atoms with Gasteiger partial charge in [0.2, 0.25) is 11.8 Å². The maximum atomic E-state index is 13.5. The zero-order valence-corrected chi connectivity index (χ0v) is 30.9. The first kappa shape index (κ1) is 35.4. The lowest BCUT2D eigenvalue weighted by Gasteiger charge is -2.30. The molecule has 6 atom stereocenters. The summed E-state index contributed by atoms with van der Waals surface area (Å²) in [7, 11) is 1.30. The van der Waals surface area contributed by atoms with Crippen molar-refractivity contribution >= 4 is 17.9 Å². The maximum Gasteiger partial charge on any atom is 0.407 e. The third-order valence-electron chi connectivity index (χ3n) is 11.7. The molecule has 12 heteroatoms. The van der Waals surface area contributed by atoms with Gasteiger partial charge < -0.3 is 34.7 Å². The standard InChI is InChI=1S/C42H47N7O5/c1-24(2)37(48-42(52)53-3)41(51)49-18-4-7-34(49)38-43-22-32(46-38)27-12-8-25(9-13-27)26-10-14-28(15-11-26)33-23-44-39(47-33)35-29-16-17-30(20-29)36(35)40(50)45-21-31-6-5-19-54-31/h5-6,8-15,19,22-24,29-30,34-37H,4,7,16-18,20-21H2,1-3H3,(H,43,46)(H,44,47)(H,45,50)(H,48,52)/t29?,30?,34-,35+,36?,37-/m0/s1. The summed E-state index contributed by atoms with van der Waals surface area (Å²) in [6.45, 7) is 4.82. The number of methoxy groups -OCH3 is 1. The molecule has 3 aliphatic rings. The number of amides is 3. The van der Waals surface area contributed by atoms with E-state index in [9.17, 15) is 14.4 Å². The summed E-state index contributed by atoms with van der Waals surface area (Å²) in [5.74, 6) is 3.12. The lowest BCUT2D eigenvalue weighted by molar-refractivity contribution is -0.135. The third kappa shape index (κ3) is 6.92. The highest BCUT2D eigenvalue weighted by Crippen LogP contribution is 2.56. The van der Waals surface area contributed by atoms with Crippen LogP contribution in [0.5, 0.6) is 0 Å². The molecule has 0 spiro atoms. The predicted molar refractivity (Wildman–Crippen MR) is 203 cm³/mol. The van der Waals surface area contributed by atoms with Gasteiger partial charge in [0, 0.05) is 12.5 Å². The van der Waals surface area contributed by atoms with Gasteiger partial charge in [0.05, 0.1) is 55.7 Å². The van der Waals surface area contributed by atoms with Crippen molar-refractivity contribution in [2.24, 2.45) is 23.7 Å². The van der Waals surface area contributed by atoms with E-state index in [1.165, 1.54) is 7.11 Å². The Balaban J connectivity index is 0.920. The van der Waals surface area contributed by atoms with Crippen molar-refractivity contribution in [2.45, 2.75) is 70.5 Å². The minimum atomic E-state index is -0.676. The molecule has 4 heterocycles. The van der Waals surface area contributed by atoms with Gasteiger partial charge in [0.15, 0.2) is 0 Å². The molecule has 1 aliphatic heterocycles. The largest absolute Gasteiger partial charge is 0.467 e. The first-order valence-corrected chi connectivity index (χ1v) is 19.0. The highest BCUT2D eigenvalue weighted by molar-refractivity contribution is 5.86. The average Bonchev–Trinajstić information content (AvgIpc) is 4.05. The number of carbonyl (C=O) groups is 3. The van der Waals surface area contributed by atoms with Crippen LogP contribution in [-0.4, -0.2) is 62.4 Å². The maximum absolute atomic E-state index is 13.5. The minimum absolute atomic E-state index is 0.0858. The molecular weight excluding hydrogens is 683 g/mol. The first-order chi connectivity index (χ1) is 26.3. The van der Waals surface area contributed by atoms with E-state index >= 15 is 0 Å². The number of ether oxygens (including phenoxy) is 1. The van der Waals surface area contributed by atoms with Crippen LogP contribution in [0.4, 0.5) is 4.79 Å². The van der Waals surface area contributed by atoms with E-state index in [0.29, 0.717) is 24.9 Å². The van der Waals surface area contributed by atoms with E-state index in [-0.39, 0.29) is 35.6 Å². The number of furan rings is 1. The van der Waals surface area contributed by atoms with Crippen LogP contribution in [0.3, 0.4) is 0 Å². The molecule has 3 aromatic heterocycles. The number of aromatic nitrogens is 4. The normalized spacial score (nSPS) is 22.4. The number of hydrogen-bond acceptors (Lipinski definition) is 7. The Morgan fingerprint density at radius 3 is 2.13 bits per heavy atom. The number of alkyl carbamates (subject to hydrolysis) is 1. The molecule has 54 heavy (non-hydrogen) atoms. The molecule has 3 amide bonds. The number of nitrogens with one attached hydrogen (secondary N) is 4. The SMILES string of the molecule is COC(=O)N[C@H](C(=O)N1CCC[C@H]1c1ncc(-c2ccc(-c3ccc(-c4cnc([C@@H]5C6CCC(C6)C5C(=O)NCc5ccco5)[nH]4)cc3)cc2)[nH]1)C(C)C. The molecule has 2 saturated carbocycles. The monoisotopic (exact) mass is 729 g/mol. The second kappa shape index (κ2) is 15.0. The van der Waals surface area contributed by atoms with Crippen molar-refractivity contribution in [1.82, 2.24) is 35.5 Å². The summed E-state index contributed by atoms with van der Waals surface area (Å²) in [6.07, 6.45) is 9.68. The van der Waals surface area contributed by atoms with Crippen LogP contribution in [0, 0.1) is 23.7 Å². The molecular formula is C42H47N7O5. The third-order valence-corrected chi connectivity index (χ3v) is 11.7. The quantitative estimate of drug-likeness (QED) is 0.112. The smallest absolute Gasteiger partial charge is 0.407 e. The van der Waals surface area contributed by atoms with E-state index in [1.807, 2.05) is 43.3 Å². The van der Waals surface area contributed by atoms with Crippen molar-refractivity contribution in [3.8, 4) is 33.6 Å². The zero-order chi connectivity index (χ0) is 37.3. The summed E-state index contributed by atoms with van der Waals surface area (Å²) in [4.78, 5) is 57.2. The van der Waals surface area contributed by atoms with Crippen molar-refractivity contribution in [3.05, 3.63) is 96.7 Å². The van der Waals surface area contributed by atoms with Gasteiger partial charge in [-0.3, -0.25) is 9.59 Å². The van der Waals surface area contributed by atoms with Crippen LogP contribution in [0.1, 0.15) is 75.3 Å². The van der Waals surface area contributed by atoms with E-state index in [1.54, 1.807) is 6.26 Å². The number of aromatic amines is 2. The molecule has 5 aromatic rings. The summed E-state index contributed by atoms with van der Waals surface area (Å²) in [5, 5.41) is 5.81. The van der Waals surface area contributed by atoms with E-state index in [0.717, 1.165) is 83.2 Å². The molecule has 2 aromatic carbocycles. The lowest BCUT2D eigenvalue weighted by Crippen LogP contribution is -2.51. The van der Waals surface area contributed by atoms with Crippen molar-refractivity contribution in [3.63, 3.8) is 0 Å². The number of H-pyrrole nitrogens is 2. The summed E-state index contributed by atoms with van der Waals surface area (Å²) in [5.41, 5.74) is 6.05. The second-order valence-corrected chi connectivity index (χ2v) is 15.2. The number of benzene rings is 2. The Hall–Kier alpha value is -5.65. The molecule has 3 unspecified atom stereocenters. The van der Waals surface area contributed by atoms with Gasteiger partial charge in [-0.1, -0.05) is 62.4 Å². The Kier molecular flexibility index (Phi) is 9.83. The molecule has 3 fully saturated rings. The van der Waals surface area contributed by atoms with Gasteiger partial charge in [0.25, 0.3) is 0 Å². The first-order valence-electron chi connectivity index (χ1n) is 19.0. The molecule has 1 saturated heterocycles. The summed E-state index contributed by atoms with van der Waals surface area (Å²) < 4.78 is 10.2. The Morgan fingerprint density at radius 1 is 0.870 bits per heavy atom. The Labute approximate surface area is 314 Å². The molecule has 8 rings (SSSR count). The Morgan fingerprint density at radius 2 is 1.50 bits per heavy atom. The van der Waals surface area contributed by atoms with Gasteiger partial charge in [-0.25, -0.2) is 14.8 Å². The number of imidazole rings is 2. The minimum Gasteiger partial charge on any atom is -0.467 e. The van der Waals surface area contributed by atoms with Crippen LogP contribution in [0.25, 0.3) is 33.6 Å². The van der Waals surface area contributed by atoms with E-state index in [4.69, 9.17) is 14.1 Å². The topological polar surface area (TPSA) is 158 Å². The van der Waals surface area contributed by atoms with E-state index < -0.39 is 12.1 Å². The zero-order valence-electron chi connectivity index (χ0n) is 30.9. The van der Waals surface area contributed by atoms with Gasteiger partial charge in [-0.2, -0.15) is 0 Å². The fourth-order valence-electron chi connectivity index (χ4n) is 8.95. The molecule has 0 radical (unpaired) electrons. The van der Waals surface area contributed by atoms with Crippen molar-refractivity contribution in [1.29, 1.82) is 0 Å². The lowest BCUT2D eigenvalue weighted by atomic mass is 9.78. The molecule has 4 N–H and O–H groups in total. The van der Waals surface area contributed by atoms with Crippen LogP contribution >= 0.6 is 0 Å². The number of fused-ring (bicyclic) bond motifs is 2. The van der Waals surface area contributed by atoms with Crippen LogP contribution in [0.15, 0.2) is 83.7 Å². The van der Waals surface area contributed by atoms with Crippen LogP contribution in [0.2, 0.25) is 0 Å². The number of nitrogens with zero attached hydrogens (tertiary/aromatic N) is 3. The summed E-state index contributed by atoms with van der Waals surface area (Å²) in [6, 6.07) is 19.6. The predicted octanol–water partition coefficient (Wildman–Crippen LogP) is 7.22. The number of carbonyl (C=O) groups excluding carboxylic acids is 3. The number of likely N-dealkylation sites (tertiary alicyclic amines) is 1. The summed E-state index contributed by atoms with van der Waals surface area (Å²) >= 11 is 0. The highest BCUT2D eigenvalue weighted by atomic mass is 16.5. The van der Waals surface area contributed by atoms with Crippen molar-refractivity contribution < 1.29 is 23.5 Å². The van der Waals surface area contributed by atoms with E-state index in [2.05, 4.69) is 74.1 Å². The van der Waals surface area contributed by atoms with Gasteiger partial charge in [-0.05, 0) is 84.2 Å². The fourth-order valence-corrected chi connectivity index (χ4v) is 8.95. The molecule has 12 nitrogen and oxygen atoms in total. The highest BCUT2D eigenvalue weighted by Gasteiger charge is 2.52. The van der Waals surface area contributed by atoms with Gasteiger partial charge >= 0.3 is 6.09 Å².